The Labute approximate surface area is 226 Å². The fourth-order valence-electron chi connectivity index (χ4n) is 4.30. The molecule has 0 N–H and O–H groups in total. The van der Waals surface area contributed by atoms with Crippen LogP contribution in [0.3, 0.4) is 0 Å². The normalized spacial score (nSPS) is 16.2. The van der Waals surface area contributed by atoms with E-state index in [9.17, 15) is 30.8 Å². The van der Waals surface area contributed by atoms with E-state index in [4.69, 9.17) is 4.42 Å². The van der Waals surface area contributed by atoms with Gasteiger partial charge in [-0.1, -0.05) is 0 Å². The Morgan fingerprint density at radius 3 is 2.52 bits per heavy atom. The Hall–Kier alpha value is -3.91. The summed E-state index contributed by atoms with van der Waals surface area (Å²) >= 11 is 0. The van der Waals surface area contributed by atoms with Gasteiger partial charge in [0.1, 0.15) is 17.1 Å². The Morgan fingerprint density at radius 1 is 1.12 bits per heavy atom. The van der Waals surface area contributed by atoms with Crippen LogP contribution in [-0.4, -0.2) is 60.1 Å². The standard InChI is InChI=1S/C26H23F4N5O4S/c1-34(2)25-32-18(13-19(33-25)15-3-8-23(31-14-15)26(28,29)30)5-6-21(36)20-9-10-35(20)40(37,38)24-12-16-11-17(27)4-7-22(16)39-24/h3-4,7-8,11-14,20H,5-6,9-10H2,1-2H3. The molecule has 0 amide bonds. The number of Topliss-reactive ketones (excluding diaryl/α,β-unsaturated/α-hetero) is 1. The van der Waals surface area contributed by atoms with Gasteiger partial charge in [0, 0.05) is 56.0 Å². The SMILES string of the molecule is CN(C)c1nc(CCC(=O)C2CCN2S(=O)(=O)c2cc3cc(F)ccc3o2)cc(-c2ccc(C(F)(F)F)nc2)n1. The van der Waals surface area contributed by atoms with E-state index in [2.05, 4.69) is 15.0 Å². The van der Waals surface area contributed by atoms with Gasteiger partial charge in [-0.15, -0.1) is 0 Å². The van der Waals surface area contributed by atoms with E-state index >= 15 is 0 Å². The second-order valence-corrected chi connectivity index (χ2v) is 11.3. The average Bonchev–Trinajstić information content (AvgIpc) is 3.30. The Bertz CT molecular complexity index is 1690. The first kappa shape index (κ1) is 27.6. The van der Waals surface area contributed by atoms with Crippen LogP contribution in [0.15, 0.2) is 58.2 Å². The summed E-state index contributed by atoms with van der Waals surface area (Å²) < 4.78 is 85.0. The second-order valence-electron chi connectivity index (χ2n) is 9.50. The van der Waals surface area contributed by atoms with Crippen LogP contribution in [0.2, 0.25) is 0 Å². The molecule has 5 rings (SSSR count). The zero-order chi connectivity index (χ0) is 28.8. The molecule has 14 heteroatoms. The van der Waals surface area contributed by atoms with Gasteiger partial charge in [-0.2, -0.15) is 17.5 Å². The number of benzene rings is 1. The number of aryl methyl sites for hydroxylation is 1. The molecule has 40 heavy (non-hydrogen) atoms. The number of sulfonamides is 1. The van der Waals surface area contributed by atoms with Crippen LogP contribution in [0.4, 0.5) is 23.5 Å². The molecule has 0 radical (unpaired) electrons. The molecule has 0 saturated carbocycles. The van der Waals surface area contributed by atoms with Crippen molar-refractivity contribution in [3.05, 3.63) is 65.9 Å². The van der Waals surface area contributed by atoms with Crippen LogP contribution < -0.4 is 4.90 Å². The fraction of sp³-hybridized carbons (Fsp3) is 0.308. The van der Waals surface area contributed by atoms with Crippen molar-refractivity contribution < 1.29 is 35.2 Å². The van der Waals surface area contributed by atoms with Gasteiger partial charge in [0.15, 0.2) is 5.78 Å². The van der Waals surface area contributed by atoms with Gasteiger partial charge in [-0.05, 0) is 49.2 Å². The van der Waals surface area contributed by atoms with Crippen LogP contribution in [0.1, 0.15) is 24.2 Å². The highest BCUT2D eigenvalue weighted by Crippen LogP contribution is 2.33. The number of hydrogen-bond donors (Lipinski definition) is 0. The minimum Gasteiger partial charge on any atom is -0.443 e. The molecule has 210 valence electrons. The molecular formula is C26H23F4N5O4S. The number of carbonyl (C=O) groups excluding carboxylic acids is 1. The van der Waals surface area contributed by atoms with Crippen LogP contribution >= 0.6 is 0 Å². The number of rotatable bonds is 8. The van der Waals surface area contributed by atoms with Crippen LogP contribution in [0.5, 0.6) is 0 Å². The number of anilines is 1. The molecule has 4 heterocycles. The summed E-state index contributed by atoms with van der Waals surface area (Å²) in [5.74, 6) is -0.567. The molecule has 1 atom stereocenters. The van der Waals surface area contributed by atoms with Gasteiger partial charge in [0.05, 0.1) is 11.7 Å². The van der Waals surface area contributed by atoms with Crippen LogP contribution in [0.25, 0.3) is 22.2 Å². The maximum Gasteiger partial charge on any atom is 0.433 e. The number of hydrogen-bond acceptors (Lipinski definition) is 8. The maximum atomic E-state index is 13.5. The number of pyridine rings is 1. The third-order valence-electron chi connectivity index (χ3n) is 6.51. The first-order chi connectivity index (χ1) is 18.8. The Morgan fingerprint density at radius 2 is 1.90 bits per heavy atom. The third-order valence-corrected chi connectivity index (χ3v) is 8.27. The van der Waals surface area contributed by atoms with Crippen molar-refractivity contribution in [1.82, 2.24) is 19.3 Å². The number of alkyl halides is 3. The van der Waals surface area contributed by atoms with Gasteiger partial charge < -0.3 is 9.32 Å². The lowest BCUT2D eigenvalue weighted by Crippen LogP contribution is -2.54. The summed E-state index contributed by atoms with van der Waals surface area (Å²) in [5.41, 5.74) is 0.307. The molecular weight excluding hydrogens is 554 g/mol. The minimum absolute atomic E-state index is 0.0311. The Balaban J connectivity index is 1.32. The van der Waals surface area contributed by atoms with E-state index < -0.39 is 33.8 Å². The lowest BCUT2D eigenvalue weighted by Gasteiger charge is -2.37. The summed E-state index contributed by atoms with van der Waals surface area (Å²) in [6.07, 6.45) is -3.05. The first-order valence-electron chi connectivity index (χ1n) is 12.2. The molecule has 1 fully saturated rings. The predicted molar refractivity (Wildman–Crippen MR) is 136 cm³/mol. The number of ketones is 1. The second kappa shape index (κ2) is 10.2. The number of halogens is 4. The molecule has 1 aliphatic heterocycles. The van der Waals surface area contributed by atoms with E-state index in [1.807, 2.05) is 0 Å². The molecule has 1 aromatic carbocycles. The molecule has 3 aromatic heterocycles. The van der Waals surface area contributed by atoms with E-state index in [1.54, 1.807) is 25.1 Å². The highest BCUT2D eigenvalue weighted by atomic mass is 32.2. The highest BCUT2D eigenvalue weighted by molar-refractivity contribution is 7.89. The van der Waals surface area contributed by atoms with Crippen molar-refractivity contribution in [2.24, 2.45) is 0 Å². The molecule has 0 bridgehead atoms. The van der Waals surface area contributed by atoms with Crippen LogP contribution in [0, 0.1) is 5.82 Å². The van der Waals surface area contributed by atoms with Crippen molar-refractivity contribution in [3.63, 3.8) is 0 Å². The topological polar surface area (TPSA) is 110 Å². The van der Waals surface area contributed by atoms with Crippen molar-refractivity contribution >= 4 is 32.7 Å². The fourth-order valence-corrected chi connectivity index (χ4v) is 5.90. The van der Waals surface area contributed by atoms with Gasteiger partial charge >= 0.3 is 6.18 Å². The molecule has 1 aliphatic rings. The summed E-state index contributed by atoms with van der Waals surface area (Å²) in [4.78, 5) is 26.9. The number of aromatic nitrogens is 3. The average molecular weight is 578 g/mol. The van der Waals surface area contributed by atoms with Crippen molar-refractivity contribution in [1.29, 1.82) is 0 Å². The number of nitrogens with zero attached hydrogens (tertiary/aromatic N) is 5. The van der Waals surface area contributed by atoms with Gasteiger partial charge in [0.25, 0.3) is 10.0 Å². The zero-order valence-corrected chi connectivity index (χ0v) is 22.1. The highest BCUT2D eigenvalue weighted by Gasteiger charge is 2.43. The summed E-state index contributed by atoms with van der Waals surface area (Å²) in [6, 6.07) is 7.69. The lowest BCUT2D eigenvalue weighted by molar-refractivity contribution is -0.141. The van der Waals surface area contributed by atoms with Gasteiger partial charge in [-0.25, -0.2) is 22.8 Å². The lowest BCUT2D eigenvalue weighted by atomic mass is 9.98. The van der Waals surface area contributed by atoms with Crippen LogP contribution in [-0.2, 0) is 27.4 Å². The quantitative estimate of drug-likeness (QED) is 0.282. The van der Waals surface area contributed by atoms with E-state index in [0.29, 0.717) is 28.8 Å². The maximum absolute atomic E-state index is 13.5. The molecule has 4 aromatic rings. The first-order valence-corrected chi connectivity index (χ1v) is 13.6. The predicted octanol–water partition coefficient (Wildman–Crippen LogP) is 4.47. The molecule has 1 unspecified atom stereocenters. The third kappa shape index (κ3) is 5.41. The van der Waals surface area contributed by atoms with Gasteiger partial charge in [0.2, 0.25) is 11.0 Å². The van der Waals surface area contributed by atoms with Crippen molar-refractivity contribution in [2.75, 3.05) is 25.5 Å². The summed E-state index contributed by atoms with van der Waals surface area (Å²) in [6.45, 7) is 0.132. The van der Waals surface area contributed by atoms with Gasteiger partial charge in [-0.3, -0.25) is 9.78 Å². The molecule has 9 nitrogen and oxygen atoms in total. The minimum atomic E-state index is -4.57. The van der Waals surface area contributed by atoms with E-state index in [1.165, 1.54) is 18.2 Å². The monoisotopic (exact) mass is 577 g/mol. The Kier molecular flexibility index (Phi) is 7.08. The van der Waals surface area contributed by atoms with E-state index in [0.717, 1.165) is 28.7 Å². The smallest absolute Gasteiger partial charge is 0.433 e. The molecule has 1 saturated heterocycles. The number of furan rings is 1. The molecule has 0 spiro atoms. The number of carbonyl (C=O) groups is 1. The van der Waals surface area contributed by atoms with E-state index in [-0.39, 0.29) is 41.8 Å². The van der Waals surface area contributed by atoms with Crippen molar-refractivity contribution in [2.45, 2.75) is 36.6 Å². The number of fused-ring (bicyclic) bond motifs is 1. The summed E-state index contributed by atoms with van der Waals surface area (Å²) in [7, 11) is -0.731. The zero-order valence-electron chi connectivity index (χ0n) is 21.3. The largest absolute Gasteiger partial charge is 0.443 e. The summed E-state index contributed by atoms with van der Waals surface area (Å²) in [5, 5.41) is -0.0756. The van der Waals surface area contributed by atoms with Crippen molar-refractivity contribution in [3.8, 4) is 11.3 Å². The molecule has 0 aliphatic carbocycles.